The Kier molecular flexibility index (Phi) is 12.5. The number of hydrogen-bond donors (Lipinski definition) is 2. The number of hydrogen-bond acceptors (Lipinski definition) is 6. The monoisotopic (exact) mass is 825 g/mol. The molecule has 1 fully saturated rings. The summed E-state index contributed by atoms with van der Waals surface area (Å²) in [5.41, 5.74) is 5.52. The fourth-order valence-corrected chi connectivity index (χ4v) is 10.4. The third-order valence-electron chi connectivity index (χ3n) is 10.3. The van der Waals surface area contributed by atoms with Crippen molar-refractivity contribution in [1.82, 2.24) is 13.6 Å². The number of halogens is 1. The summed E-state index contributed by atoms with van der Waals surface area (Å²) in [6, 6.07) is 38.1. The Bertz CT molecular complexity index is 2500. The third-order valence-corrected chi connectivity index (χ3v) is 13.8. The van der Waals surface area contributed by atoms with Crippen LogP contribution >= 0.6 is 11.6 Å². The largest absolute Gasteiger partial charge is 0.493 e. The van der Waals surface area contributed by atoms with E-state index in [0.717, 1.165) is 52.5 Å². The molecule has 57 heavy (non-hydrogen) atoms. The molecule has 1 aromatic heterocycles. The van der Waals surface area contributed by atoms with Gasteiger partial charge in [0.2, 0.25) is 20.0 Å². The summed E-state index contributed by atoms with van der Waals surface area (Å²) < 4.78 is 66.1. The van der Waals surface area contributed by atoms with Crippen LogP contribution in [0, 0.1) is 0 Å². The summed E-state index contributed by atoms with van der Waals surface area (Å²) in [5, 5.41) is 10.8. The molecule has 0 aliphatic carbocycles. The molecule has 0 saturated carbocycles. The normalized spacial score (nSPS) is 13.9. The Balaban J connectivity index is 1.19. The number of aromatic carboxylic acids is 1. The highest BCUT2D eigenvalue weighted by Crippen LogP contribution is 2.38. The van der Waals surface area contributed by atoms with Crippen LogP contribution < -0.4 is 9.46 Å². The van der Waals surface area contributed by atoms with Gasteiger partial charge in [-0.05, 0) is 89.7 Å². The van der Waals surface area contributed by atoms with Crippen molar-refractivity contribution in [3.63, 3.8) is 0 Å². The zero-order valence-electron chi connectivity index (χ0n) is 31.3. The first-order valence-corrected chi connectivity index (χ1v) is 22.4. The van der Waals surface area contributed by atoms with Crippen LogP contribution in [0.4, 0.5) is 0 Å². The molecule has 1 saturated heterocycles. The first-order chi connectivity index (χ1) is 27.5. The zero-order valence-corrected chi connectivity index (χ0v) is 33.6. The molecule has 1 aliphatic heterocycles. The Morgan fingerprint density at radius 2 is 1.40 bits per heavy atom. The van der Waals surface area contributed by atoms with E-state index in [1.165, 1.54) is 28.6 Å². The minimum Gasteiger partial charge on any atom is -0.493 e. The summed E-state index contributed by atoms with van der Waals surface area (Å²) in [4.78, 5) is 11.5. The molecular weight excluding hydrogens is 782 g/mol. The van der Waals surface area contributed by atoms with Crippen LogP contribution in [-0.2, 0) is 38.6 Å². The summed E-state index contributed by atoms with van der Waals surface area (Å²) in [6.45, 7) is 1.34. The smallest absolute Gasteiger partial charge is 0.335 e. The van der Waals surface area contributed by atoms with Gasteiger partial charge in [0.1, 0.15) is 5.75 Å². The number of carboxylic acid groups (broad SMARTS) is 1. The highest BCUT2D eigenvalue weighted by molar-refractivity contribution is 7.89. The van der Waals surface area contributed by atoms with Gasteiger partial charge in [0, 0.05) is 54.1 Å². The molecule has 0 bridgehead atoms. The van der Waals surface area contributed by atoms with Gasteiger partial charge in [-0.1, -0.05) is 90.8 Å². The number of rotatable bonds is 16. The van der Waals surface area contributed by atoms with Crippen molar-refractivity contribution in [2.24, 2.45) is 0 Å². The van der Waals surface area contributed by atoms with E-state index in [4.69, 9.17) is 16.3 Å². The lowest BCUT2D eigenvalue weighted by atomic mass is 9.97. The Morgan fingerprint density at radius 3 is 2.02 bits per heavy atom. The quantitative estimate of drug-likeness (QED) is 0.101. The molecule has 296 valence electrons. The first-order valence-electron chi connectivity index (χ1n) is 18.9. The van der Waals surface area contributed by atoms with E-state index in [2.05, 4.69) is 33.6 Å². The Morgan fingerprint density at radius 1 is 0.772 bits per heavy atom. The highest BCUT2D eigenvalue weighted by atomic mass is 35.5. The molecule has 5 aromatic carbocycles. The molecular formula is C44H44ClN3O7S2. The van der Waals surface area contributed by atoms with Crippen molar-refractivity contribution in [2.45, 2.75) is 48.8 Å². The lowest BCUT2D eigenvalue weighted by molar-refractivity contribution is 0.0696. The second-order valence-corrected chi connectivity index (χ2v) is 18.3. The van der Waals surface area contributed by atoms with E-state index in [0.29, 0.717) is 42.3 Å². The maximum atomic E-state index is 13.6. The van der Waals surface area contributed by atoms with Crippen LogP contribution in [0.15, 0.2) is 132 Å². The van der Waals surface area contributed by atoms with E-state index in [1.807, 2.05) is 54.6 Å². The van der Waals surface area contributed by atoms with Gasteiger partial charge in [0.15, 0.2) is 0 Å². The average molecular weight is 826 g/mol. The Hall–Kier alpha value is -4.98. The van der Waals surface area contributed by atoms with Crippen molar-refractivity contribution < 1.29 is 31.5 Å². The fourth-order valence-electron chi connectivity index (χ4n) is 7.58. The molecule has 2 N–H and O–H groups in total. The van der Waals surface area contributed by atoms with E-state index < -0.39 is 26.0 Å². The second-order valence-electron chi connectivity index (χ2n) is 14.1. The topological polar surface area (TPSA) is 135 Å². The number of aromatic nitrogens is 1. The standard InChI is InChI=1S/C44H44ClN3O7S2/c45-36-18-23-41-40(30-36)39(25-29-55-37-19-16-35(17-20-37)44(49)50)42(48(41)43(33-10-4-1-5-11-33)34-12-6-2-7-13-34)24-26-46-56(51,52)31-32-14-21-38(22-15-32)57(53,54)47-27-8-3-9-28-47/h1-2,4-7,10-23,30,43,46H,3,8-9,24-29,31H2,(H,49,50). The summed E-state index contributed by atoms with van der Waals surface area (Å²) >= 11 is 6.64. The lowest BCUT2D eigenvalue weighted by Gasteiger charge is -2.25. The van der Waals surface area contributed by atoms with Gasteiger partial charge in [-0.15, -0.1) is 0 Å². The molecule has 13 heteroatoms. The number of ether oxygens (including phenoxy) is 1. The summed E-state index contributed by atoms with van der Waals surface area (Å²) in [5.74, 6) is -0.803. The van der Waals surface area contributed by atoms with Crippen molar-refractivity contribution in [3.05, 3.63) is 166 Å². The molecule has 0 amide bonds. The van der Waals surface area contributed by atoms with Gasteiger partial charge in [0.05, 0.1) is 28.9 Å². The minimum atomic E-state index is -3.83. The van der Waals surface area contributed by atoms with E-state index >= 15 is 0 Å². The van der Waals surface area contributed by atoms with Crippen LogP contribution in [0.5, 0.6) is 5.75 Å². The van der Waals surface area contributed by atoms with Gasteiger partial charge in [-0.2, -0.15) is 4.31 Å². The van der Waals surface area contributed by atoms with Crippen LogP contribution in [0.1, 0.15) is 63.6 Å². The van der Waals surface area contributed by atoms with Crippen LogP contribution in [0.2, 0.25) is 5.02 Å². The molecule has 10 nitrogen and oxygen atoms in total. The number of benzene rings is 5. The zero-order chi connectivity index (χ0) is 40.0. The van der Waals surface area contributed by atoms with Crippen molar-refractivity contribution in [3.8, 4) is 5.75 Å². The maximum absolute atomic E-state index is 13.6. The molecule has 0 radical (unpaired) electrons. The van der Waals surface area contributed by atoms with Gasteiger partial charge in [0.25, 0.3) is 0 Å². The summed E-state index contributed by atoms with van der Waals surface area (Å²) in [7, 11) is -7.47. The number of carbonyl (C=O) groups is 1. The van der Waals surface area contributed by atoms with Crippen molar-refractivity contribution in [2.75, 3.05) is 26.2 Å². The van der Waals surface area contributed by atoms with E-state index in [9.17, 15) is 26.7 Å². The van der Waals surface area contributed by atoms with Gasteiger partial charge in [-0.25, -0.2) is 26.4 Å². The van der Waals surface area contributed by atoms with Crippen molar-refractivity contribution in [1.29, 1.82) is 0 Å². The Labute approximate surface area is 338 Å². The first kappa shape index (κ1) is 40.2. The molecule has 7 rings (SSSR count). The molecule has 0 spiro atoms. The number of nitrogens with one attached hydrogen (secondary N) is 1. The number of sulfonamides is 2. The van der Waals surface area contributed by atoms with Gasteiger partial charge in [-0.3, -0.25) is 0 Å². The predicted molar refractivity (Wildman–Crippen MR) is 223 cm³/mol. The highest BCUT2D eigenvalue weighted by Gasteiger charge is 2.28. The van der Waals surface area contributed by atoms with Gasteiger partial charge < -0.3 is 14.4 Å². The minimum absolute atomic E-state index is 0.0919. The molecule has 2 heterocycles. The van der Waals surface area contributed by atoms with Gasteiger partial charge >= 0.3 is 5.97 Å². The van der Waals surface area contributed by atoms with E-state index in [1.54, 1.807) is 24.3 Å². The van der Waals surface area contributed by atoms with Crippen LogP contribution in [-0.4, -0.2) is 63.0 Å². The lowest BCUT2D eigenvalue weighted by Crippen LogP contribution is -2.35. The predicted octanol–water partition coefficient (Wildman–Crippen LogP) is 8.09. The summed E-state index contributed by atoms with van der Waals surface area (Å²) in [6.07, 6.45) is 3.45. The van der Waals surface area contributed by atoms with Crippen LogP contribution in [0.25, 0.3) is 10.9 Å². The molecule has 6 aromatic rings. The number of nitrogens with zero attached hydrogens (tertiary/aromatic N) is 2. The number of carboxylic acids is 1. The molecule has 1 aliphatic rings. The van der Waals surface area contributed by atoms with E-state index in [-0.39, 0.29) is 35.4 Å². The fraction of sp³-hybridized carbons (Fsp3) is 0.250. The number of piperidine rings is 1. The maximum Gasteiger partial charge on any atom is 0.335 e. The second kappa shape index (κ2) is 17.7. The molecule has 0 atom stereocenters. The van der Waals surface area contributed by atoms with Crippen molar-refractivity contribution >= 4 is 48.5 Å². The molecule has 0 unspecified atom stereocenters. The number of fused-ring (bicyclic) bond motifs is 1. The third kappa shape index (κ3) is 9.43. The van der Waals surface area contributed by atoms with Crippen LogP contribution in [0.3, 0.4) is 0 Å². The average Bonchev–Trinajstić information content (AvgIpc) is 3.50. The SMILES string of the molecule is O=C(O)c1ccc(OCCc2c(CCNS(=O)(=O)Cc3ccc(S(=O)(=O)N4CCCCC4)cc3)n(C(c3ccccc3)c3ccccc3)c3ccc(Cl)cc23)cc1.